The Morgan fingerprint density at radius 3 is 2.12 bits per heavy atom. The summed E-state index contributed by atoms with van der Waals surface area (Å²) in [5, 5.41) is 20.0. The first-order valence-electron chi connectivity index (χ1n) is 14.0. The number of benzene rings is 1. The van der Waals surface area contributed by atoms with Crippen LogP contribution in [0, 0.1) is 17.3 Å². The normalized spacial score (nSPS) is 30.1. The van der Waals surface area contributed by atoms with E-state index in [9.17, 15) is 10.2 Å². The van der Waals surface area contributed by atoms with Gasteiger partial charge in [-0.05, 0) is 85.0 Å². The SMILES string of the molecule is CC.CC12CCC3c4ccc(O)cc4CCC3C1CCC2O.CCCCCCCCCC. The van der Waals surface area contributed by atoms with E-state index in [0.717, 1.165) is 25.2 Å². The van der Waals surface area contributed by atoms with Crippen molar-refractivity contribution in [1.82, 2.24) is 0 Å². The fourth-order valence-corrected chi connectivity index (χ4v) is 6.75. The second-order valence-electron chi connectivity index (χ2n) is 10.6. The Morgan fingerprint density at radius 1 is 0.875 bits per heavy atom. The van der Waals surface area contributed by atoms with Crippen LogP contribution >= 0.6 is 0 Å². The lowest BCUT2D eigenvalue weighted by Gasteiger charge is -2.50. The van der Waals surface area contributed by atoms with Crippen LogP contribution in [0.15, 0.2) is 18.2 Å². The zero-order valence-corrected chi connectivity index (χ0v) is 21.8. The van der Waals surface area contributed by atoms with Gasteiger partial charge in [-0.1, -0.05) is 92.1 Å². The second-order valence-corrected chi connectivity index (χ2v) is 10.6. The largest absolute Gasteiger partial charge is 0.508 e. The number of hydrogen-bond acceptors (Lipinski definition) is 2. The quantitative estimate of drug-likeness (QED) is 0.412. The second kappa shape index (κ2) is 13.6. The van der Waals surface area contributed by atoms with E-state index in [2.05, 4.69) is 26.8 Å². The molecule has 4 rings (SSSR count). The van der Waals surface area contributed by atoms with Crippen LogP contribution in [0.2, 0.25) is 0 Å². The highest BCUT2D eigenvalue weighted by molar-refractivity contribution is 5.40. The average Bonchev–Trinajstić information content (AvgIpc) is 3.12. The first-order chi connectivity index (χ1) is 15.5. The Balaban J connectivity index is 0.000000259. The minimum absolute atomic E-state index is 0.0883. The van der Waals surface area contributed by atoms with E-state index < -0.39 is 0 Å². The lowest BCUT2D eigenvalue weighted by atomic mass is 9.55. The van der Waals surface area contributed by atoms with E-state index in [0.29, 0.717) is 17.6 Å². The van der Waals surface area contributed by atoms with Gasteiger partial charge in [0.05, 0.1) is 6.10 Å². The molecule has 1 aromatic carbocycles. The third-order valence-corrected chi connectivity index (χ3v) is 8.62. The molecule has 0 spiro atoms. The van der Waals surface area contributed by atoms with Crippen molar-refractivity contribution in [3.8, 4) is 5.75 Å². The smallest absolute Gasteiger partial charge is 0.115 e. The monoisotopic (exact) mass is 444 g/mol. The zero-order valence-electron chi connectivity index (χ0n) is 21.8. The van der Waals surface area contributed by atoms with Gasteiger partial charge in [-0.25, -0.2) is 0 Å². The van der Waals surface area contributed by atoms with Crippen molar-refractivity contribution >= 4 is 0 Å². The van der Waals surface area contributed by atoms with Gasteiger partial charge in [0.1, 0.15) is 5.75 Å². The first-order valence-corrected chi connectivity index (χ1v) is 14.0. The van der Waals surface area contributed by atoms with Gasteiger partial charge in [0.2, 0.25) is 0 Å². The molecule has 2 heteroatoms. The molecule has 1 aromatic rings. The first kappa shape index (κ1) is 27.2. The maximum absolute atomic E-state index is 10.4. The predicted molar refractivity (Wildman–Crippen MR) is 138 cm³/mol. The fourth-order valence-electron chi connectivity index (χ4n) is 6.75. The summed E-state index contributed by atoms with van der Waals surface area (Å²) in [6.07, 6.45) is 18.2. The molecule has 3 aliphatic rings. The number of rotatable bonds is 7. The fraction of sp³-hybridized carbons (Fsp3) is 0.800. The summed E-state index contributed by atoms with van der Waals surface area (Å²) >= 11 is 0. The van der Waals surface area contributed by atoms with E-state index in [1.54, 1.807) is 0 Å². The van der Waals surface area contributed by atoms with E-state index in [1.807, 2.05) is 26.0 Å². The summed E-state index contributed by atoms with van der Waals surface area (Å²) in [5.74, 6) is 2.49. The van der Waals surface area contributed by atoms with Gasteiger partial charge in [-0.3, -0.25) is 0 Å². The molecule has 0 aromatic heterocycles. The number of aliphatic hydroxyl groups is 1. The summed E-state index contributed by atoms with van der Waals surface area (Å²) in [6.45, 7) is 10.9. The minimum Gasteiger partial charge on any atom is -0.508 e. The molecule has 0 radical (unpaired) electrons. The lowest BCUT2D eigenvalue weighted by molar-refractivity contribution is -0.0226. The molecule has 0 amide bonds. The maximum atomic E-state index is 10.4. The van der Waals surface area contributed by atoms with Crippen molar-refractivity contribution in [2.45, 2.75) is 137 Å². The van der Waals surface area contributed by atoms with Gasteiger partial charge in [0, 0.05) is 0 Å². The molecule has 2 nitrogen and oxygen atoms in total. The van der Waals surface area contributed by atoms with Crippen molar-refractivity contribution in [2.75, 3.05) is 0 Å². The van der Waals surface area contributed by atoms with Gasteiger partial charge >= 0.3 is 0 Å². The summed E-state index contributed by atoms with van der Waals surface area (Å²) in [4.78, 5) is 0. The number of phenols is 1. The van der Waals surface area contributed by atoms with Crippen molar-refractivity contribution in [2.24, 2.45) is 17.3 Å². The Labute approximate surface area is 199 Å². The number of aliphatic hydroxyl groups excluding tert-OH is 1. The standard InChI is InChI=1S/C18H24O2.C10H22.C2H6/c1-18-9-8-14-13-5-3-12(19)10-11(13)2-4-15(14)16(18)6-7-17(18)20;1-3-5-7-9-10-8-6-4-2;1-2/h3,5,10,14-17,19-20H,2,4,6-9H2,1H3;3-10H2,1-2H3;1-2H3. The van der Waals surface area contributed by atoms with Crippen LogP contribution in [0.4, 0.5) is 0 Å². The molecular formula is C30H52O2. The molecule has 2 fully saturated rings. The number of hydrogen-bond donors (Lipinski definition) is 2. The Morgan fingerprint density at radius 2 is 1.50 bits per heavy atom. The van der Waals surface area contributed by atoms with Crippen LogP contribution in [0.5, 0.6) is 5.75 Å². The molecule has 5 unspecified atom stereocenters. The third kappa shape index (κ3) is 6.52. The highest BCUT2D eigenvalue weighted by atomic mass is 16.3. The molecule has 2 N–H and O–H groups in total. The van der Waals surface area contributed by atoms with E-state index >= 15 is 0 Å². The van der Waals surface area contributed by atoms with Crippen LogP contribution in [-0.4, -0.2) is 16.3 Å². The number of phenolic OH excluding ortho intramolecular Hbond substituents is 1. The molecule has 184 valence electrons. The minimum atomic E-state index is -0.0883. The Hall–Kier alpha value is -1.02. The van der Waals surface area contributed by atoms with Gasteiger partial charge < -0.3 is 10.2 Å². The van der Waals surface area contributed by atoms with Gasteiger partial charge in [0.15, 0.2) is 0 Å². The molecule has 2 saturated carbocycles. The molecule has 0 aliphatic heterocycles. The summed E-state index contributed by atoms with van der Waals surface area (Å²) in [7, 11) is 0. The Bertz CT molecular complexity index is 646. The highest BCUT2D eigenvalue weighted by Crippen LogP contribution is 2.60. The highest BCUT2D eigenvalue weighted by Gasteiger charge is 2.54. The molecule has 32 heavy (non-hydrogen) atoms. The molecule has 3 aliphatic carbocycles. The lowest BCUT2D eigenvalue weighted by Crippen LogP contribution is -2.43. The average molecular weight is 445 g/mol. The molecular weight excluding hydrogens is 392 g/mol. The van der Waals surface area contributed by atoms with Crippen molar-refractivity contribution in [1.29, 1.82) is 0 Å². The van der Waals surface area contributed by atoms with Crippen LogP contribution in [0.1, 0.15) is 135 Å². The summed E-state index contributed by atoms with van der Waals surface area (Å²) < 4.78 is 0. The number of aromatic hydroxyl groups is 1. The third-order valence-electron chi connectivity index (χ3n) is 8.62. The van der Waals surface area contributed by atoms with Crippen LogP contribution in [0.3, 0.4) is 0 Å². The van der Waals surface area contributed by atoms with Gasteiger partial charge in [0.25, 0.3) is 0 Å². The molecule has 0 heterocycles. The number of aryl methyl sites for hydroxylation is 1. The van der Waals surface area contributed by atoms with Gasteiger partial charge in [-0.2, -0.15) is 0 Å². The van der Waals surface area contributed by atoms with Crippen LogP contribution < -0.4 is 0 Å². The van der Waals surface area contributed by atoms with Crippen molar-refractivity contribution in [3.63, 3.8) is 0 Å². The van der Waals surface area contributed by atoms with Crippen molar-refractivity contribution < 1.29 is 10.2 Å². The summed E-state index contributed by atoms with van der Waals surface area (Å²) in [6, 6.07) is 5.96. The van der Waals surface area contributed by atoms with Crippen LogP contribution in [-0.2, 0) is 6.42 Å². The van der Waals surface area contributed by atoms with E-state index in [-0.39, 0.29) is 11.5 Å². The predicted octanol–water partition coefficient (Wildman–Crippen LogP) is 8.78. The van der Waals surface area contributed by atoms with E-state index in [4.69, 9.17) is 0 Å². The molecule has 5 atom stereocenters. The van der Waals surface area contributed by atoms with Crippen LogP contribution in [0.25, 0.3) is 0 Å². The maximum Gasteiger partial charge on any atom is 0.115 e. The van der Waals surface area contributed by atoms with Gasteiger partial charge in [-0.15, -0.1) is 0 Å². The number of unbranched alkanes of at least 4 members (excludes halogenated alkanes) is 7. The topological polar surface area (TPSA) is 40.5 Å². The summed E-state index contributed by atoms with van der Waals surface area (Å²) in [5.41, 5.74) is 2.99. The Kier molecular flexibility index (Phi) is 11.6. The van der Waals surface area contributed by atoms with E-state index in [1.165, 1.54) is 81.8 Å². The zero-order chi connectivity index (χ0) is 23.6. The van der Waals surface area contributed by atoms with Crippen molar-refractivity contribution in [3.05, 3.63) is 29.3 Å². The molecule has 0 saturated heterocycles. The molecule has 0 bridgehead atoms. The number of fused-ring (bicyclic) bond motifs is 5.